The molecule has 0 radical (unpaired) electrons. The number of hydrogen-bond donors (Lipinski definition) is 1. The maximum absolute atomic E-state index is 12.1. The standard InChI is InChI=1S/C12H17N5O/c1-4-9(10-5-6-14-17(10)3)15-12(18)11-13-7-8-16(11)2/h5-9H,4H2,1-3H3,(H,15,18). The highest BCUT2D eigenvalue weighted by Gasteiger charge is 2.18. The summed E-state index contributed by atoms with van der Waals surface area (Å²) in [6.45, 7) is 2.02. The van der Waals surface area contributed by atoms with Crippen molar-refractivity contribution in [2.45, 2.75) is 19.4 Å². The van der Waals surface area contributed by atoms with Crippen molar-refractivity contribution >= 4 is 5.91 Å². The van der Waals surface area contributed by atoms with Gasteiger partial charge in [0.15, 0.2) is 5.82 Å². The van der Waals surface area contributed by atoms with Gasteiger partial charge >= 0.3 is 0 Å². The first-order valence-corrected chi connectivity index (χ1v) is 5.89. The van der Waals surface area contributed by atoms with E-state index in [-0.39, 0.29) is 11.9 Å². The van der Waals surface area contributed by atoms with Crippen molar-refractivity contribution in [1.29, 1.82) is 0 Å². The first kappa shape index (κ1) is 12.3. The molecule has 2 aromatic rings. The van der Waals surface area contributed by atoms with Crippen LogP contribution in [0.4, 0.5) is 0 Å². The SMILES string of the molecule is CCC(NC(=O)c1nccn1C)c1ccnn1C. The van der Waals surface area contributed by atoms with E-state index in [9.17, 15) is 4.79 Å². The molecule has 0 aromatic carbocycles. The molecule has 1 atom stereocenters. The predicted molar refractivity (Wildman–Crippen MR) is 66.9 cm³/mol. The smallest absolute Gasteiger partial charge is 0.287 e. The van der Waals surface area contributed by atoms with Gasteiger partial charge in [-0.15, -0.1) is 0 Å². The fraction of sp³-hybridized carbons (Fsp3) is 0.417. The molecule has 0 bridgehead atoms. The topological polar surface area (TPSA) is 64.7 Å². The summed E-state index contributed by atoms with van der Waals surface area (Å²) in [6, 6.07) is 1.86. The van der Waals surface area contributed by atoms with Gasteiger partial charge in [-0.2, -0.15) is 5.10 Å². The third-order valence-corrected chi connectivity index (χ3v) is 2.95. The van der Waals surface area contributed by atoms with E-state index in [1.54, 1.807) is 34.9 Å². The van der Waals surface area contributed by atoms with Gasteiger partial charge in [0.2, 0.25) is 0 Å². The van der Waals surface area contributed by atoms with E-state index in [2.05, 4.69) is 15.4 Å². The van der Waals surface area contributed by atoms with E-state index in [1.807, 2.05) is 20.0 Å². The van der Waals surface area contributed by atoms with Gasteiger partial charge in [0, 0.05) is 32.7 Å². The first-order chi connectivity index (χ1) is 8.63. The number of aromatic nitrogens is 4. The van der Waals surface area contributed by atoms with Gasteiger partial charge in [0.05, 0.1) is 11.7 Å². The van der Waals surface area contributed by atoms with E-state index in [1.165, 1.54) is 0 Å². The number of nitrogens with zero attached hydrogens (tertiary/aromatic N) is 4. The summed E-state index contributed by atoms with van der Waals surface area (Å²) in [6.07, 6.45) is 5.89. The third-order valence-electron chi connectivity index (χ3n) is 2.95. The molecule has 0 fully saturated rings. The Kier molecular flexibility index (Phi) is 3.45. The van der Waals surface area contributed by atoms with Crippen molar-refractivity contribution in [3.63, 3.8) is 0 Å². The highest BCUT2D eigenvalue weighted by atomic mass is 16.2. The first-order valence-electron chi connectivity index (χ1n) is 5.89. The minimum Gasteiger partial charge on any atom is -0.341 e. The summed E-state index contributed by atoms with van der Waals surface area (Å²) >= 11 is 0. The second-order valence-electron chi connectivity index (χ2n) is 4.18. The van der Waals surface area contributed by atoms with Crippen molar-refractivity contribution in [2.75, 3.05) is 0 Å². The monoisotopic (exact) mass is 247 g/mol. The zero-order chi connectivity index (χ0) is 13.1. The fourth-order valence-electron chi connectivity index (χ4n) is 1.92. The molecule has 18 heavy (non-hydrogen) atoms. The summed E-state index contributed by atoms with van der Waals surface area (Å²) in [5.74, 6) is 0.242. The minimum atomic E-state index is -0.171. The predicted octanol–water partition coefficient (Wildman–Crippen LogP) is 1.03. The quantitative estimate of drug-likeness (QED) is 0.877. The van der Waals surface area contributed by atoms with E-state index in [4.69, 9.17) is 0 Å². The normalized spacial score (nSPS) is 12.4. The molecule has 2 aromatic heterocycles. The Labute approximate surface area is 106 Å². The molecule has 96 valence electrons. The third kappa shape index (κ3) is 2.27. The summed E-state index contributed by atoms with van der Waals surface area (Å²) in [7, 11) is 3.66. The molecule has 0 aliphatic heterocycles. The summed E-state index contributed by atoms with van der Waals surface area (Å²) in [4.78, 5) is 16.1. The average Bonchev–Trinajstić information content (AvgIpc) is 2.95. The summed E-state index contributed by atoms with van der Waals surface area (Å²) in [5, 5.41) is 7.09. The molecular weight excluding hydrogens is 230 g/mol. The molecule has 2 rings (SSSR count). The van der Waals surface area contributed by atoms with Crippen LogP contribution in [0.15, 0.2) is 24.7 Å². The fourth-order valence-corrected chi connectivity index (χ4v) is 1.92. The van der Waals surface area contributed by atoms with Gasteiger partial charge in [0.25, 0.3) is 5.91 Å². The average molecular weight is 247 g/mol. The van der Waals surface area contributed by atoms with E-state index in [0.29, 0.717) is 5.82 Å². The number of nitrogens with one attached hydrogen (secondary N) is 1. The molecule has 1 unspecified atom stereocenters. The lowest BCUT2D eigenvalue weighted by atomic mass is 10.1. The van der Waals surface area contributed by atoms with Crippen LogP contribution in [0.3, 0.4) is 0 Å². The van der Waals surface area contributed by atoms with Crippen molar-refractivity contribution in [3.8, 4) is 0 Å². The van der Waals surface area contributed by atoms with E-state index in [0.717, 1.165) is 12.1 Å². The Morgan fingerprint density at radius 2 is 2.22 bits per heavy atom. The lowest BCUT2D eigenvalue weighted by Crippen LogP contribution is -2.31. The minimum absolute atomic E-state index is 0.0540. The largest absolute Gasteiger partial charge is 0.341 e. The molecular formula is C12H17N5O. The second kappa shape index (κ2) is 5.03. The van der Waals surface area contributed by atoms with Gasteiger partial charge in [-0.1, -0.05) is 6.92 Å². The number of rotatable bonds is 4. The van der Waals surface area contributed by atoms with Crippen LogP contribution >= 0.6 is 0 Å². The molecule has 2 heterocycles. The zero-order valence-electron chi connectivity index (χ0n) is 10.8. The lowest BCUT2D eigenvalue weighted by Gasteiger charge is -2.17. The van der Waals surface area contributed by atoms with Crippen molar-refractivity contribution in [3.05, 3.63) is 36.2 Å². The van der Waals surface area contributed by atoms with Gasteiger partial charge in [-0.05, 0) is 12.5 Å². The van der Waals surface area contributed by atoms with Crippen molar-refractivity contribution < 1.29 is 4.79 Å². The van der Waals surface area contributed by atoms with Crippen molar-refractivity contribution in [2.24, 2.45) is 14.1 Å². The van der Waals surface area contributed by atoms with E-state index < -0.39 is 0 Å². The number of carbonyl (C=O) groups excluding carboxylic acids is 1. The van der Waals surface area contributed by atoms with Crippen LogP contribution < -0.4 is 5.32 Å². The van der Waals surface area contributed by atoms with Gasteiger partial charge in [-0.25, -0.2) is 4.98 Å². The maximum atomic E-state index is 12.1. The number of hydrogen-bond acceptors (Lipinski definition) is 3. The van der Waals surface area contributed by atoms with Gasteiger partial charge in [0.1, 0.15) is 0 Å². The molecule has 1 N–H and O–H groups in total. The molecule has 0 aliphatic carbocycles. The highest BCUT2D eigenvalue weighted by molar-refractivity contribution is 5.91. The highest BCUT2D eigenvalue weighted by Crippen LogP contribution is 2.15. The van der Waals surface area contributed by atoms with Crippen molar-refractivity contribution in [1.82, 2.24) is 24.6 Å². The molecule has 0 saturated heterocycles. The number of carbonyl (C=O) groups is 1. The molecule has 0 spiro atoms. The Hall–Kier alpha value is -2.11. The lowest BCUT2D eigenvalue weighted by molar-refractivity contribution is 0.0920. The Morgan fingerprint density at radius 3 is 2.72 bits per heavy atom. The van der Waals surface area contributed by atoms with Crippen LogP contribution in [0.5, 0.6) is 0 Å². The van der Waals surface area contributed by atoms with Crippen LogP contribution in [-0.4, -0.2) is 25.2 Å². The molecule has 0 aliphatic rings. The van der Waals surface area contributed by atoms with Crippen LogP contribution in [0.2, 0.25) is 0 Å². The summed E-state index contributed by atoms with van der Waals surface area (Å²) in [5.41, 5.74) is 0.986. The zero-order valence-corrected chi connectivity index (χ0v) is 10.8. The number of amides is 1. The maximum Gasteiger partial charge on any atom is 0.287 e. The Morgan fingerprint density at radius 1 is 1.44 bits per heavy atom. The van der Waals surface area contributed by atoms with Gasteiger partial charge in [-0.3, -0.25) is 9.48 Å². The molecule has 1 amide bonds. The van der Waals surface area contributed by atoms with Crippen LogP contribution in [0.1, 0.15) is 35.7 Å². The van der Waals surface area contributed by atoms with Crippen LogP contribution in [0.25, 0.3) is 0 Å². The molecule has 0 saturated carbocycles. The van der Waals surface area contributed by atoms with E-state index >= 15 is 0 Å². The van der Waals surface area contributed by atoms with Crippen LogP contribution in [-0.2, 0) is 14.1 Å². The number of aryl methyl sites for hydroxylation is 2. The van der Waals surface area contributed by atoms with Gasteiger partial charge < -0.3 is 9.88 Å². The Balaban J connectivity index is 2.15. The van der Waals surface area contributed by atoms with Crippen LogP contribution in [0, 0.1) is 0 Å². The summed E-state index contributed by atoms with van der Waals surface area (Å²) < 4.78 is 3.47. The second-order valence-corrected chi connectivity index (χ2v) is 4.18. The number of imidazole rings is 1. The molecule has 6 heteroatoms. The molecule has 6 nitrogen and oxygen atoms in total. The Bertz CT molecular complexity index is 542.